The molecule has 0 aromatic heterocycles. The highest BCUT2D eigenvalue weighted by Gasteiger charge is 1.47. The first-order valence-corrected chi connectivity index (χ1v) is 5.62. The minimum Gasteiger partial charge on any atom is -0.870 e. The summed E-state index contributed by atoms with van der Waals surface area (Å²) in [6, 6.07) is 0. The minimum atomic E-state index is -2.33. The molecule has 214 valence electrons. The van der Waals surface area contributed by atoms with Gasteiger partial charge in [0.05, 0.1) is 0 Å². The fourth-order valence-electron chi connectivity index (χ4n) is 0. The van der Waals surface area contributed by atoms with Gasteiger partial charge in [0.15, 0.2) is 0 Å². The zero-order chi connectivity index (χ0) is 26.2. The van der Waals surface area contributed by atoms with Gasteiger partial charge in [-0.05, 0) is 12.3 Å². The Balaban J connectivity index is -0.0000000141. The summed E-state index contributed by atoms with van der Waals surface area (Å²) in [6.07, 6.45) is -3.17. The fourth-order valence-corrected chi connectivity index (χ4v) is 0. The maximum atomic E-state index is 8.70. The van der Waals surface area contributed by atoms with Gasteiger partial charge in [-0.2, -0.15) is 9.59 Å². The second kappa shape index (κ2) is 163. The number of carboxylic acid groups (broad SMARTS) is 4. The fraction of sp³-hybridized carbons (Fsp3) is 0.300. The van der Waals surface area contributed by atoms with Crippen LogP contribution in [0.2, 0.25) is 0 Å². The van der Waals surface area contributed by atoms with Crippen molar-refractivity contribution in [1.29, 1.82) is 0 Å². The Kier molecular flexibility index (Phi) is 376. The van der Waals surface area contributed by atoms with Crippen LogP contribution in [0.1, 0.15) is 21.7 Å². The van der Waals surface area contributed by atoms with Gasteiger partial charge in [-0.15, -0.1) is 0 Å². The number of rotatable bonds is 4. The Labute approximate surface area is 188 Å². The Morgan fingerprint density at radius 1 is 0.735 bits per heavy atom. The van der Waals surface area contributed by atoms with Crippen LogP contribution in [0.3, 0.4) is 0 Å². The number of carbonyl (C=O) groups is 6. The van der Waals surface area contributed by atoms with Crippen molar-refractivity contribution in [2.75, 3.05) is 0 Å². The molecule has 0 rings (SSSR count). The van der Waals surface area contributed by atoms with Crippen LogP contribution in [0, 0.1) is 0 Å². The number of carbonyl (C=O) groups excluding carboxylic acids is 8. The van der Waals surface area contributed by atoms with E-state index in [0.717, 1.165) is 0 Å². The average molecular weight is 525 g/mol. The molecule has 0 aromatic rings. The normalized spacial score (nSPS) is 4.65. The molecule has 0 radical (unpaired) electrons. The molecule has 0 aliphatic carbocycles. The molecule has 7 N–H and O–H groups in total. The molecule has 0 fully saturated rings. The van der Waals surface area contributed by atoms with Gasteiger partial charge < -0.3 is 87.2 Å². The lowest BCUT2D eigenvalue weighted by molar-refractivity contribution is -0.652. The third-order valence-corrected chi connectivity index (χ3v) is 0.161. The van der Waals surface area contributed by atoms with Gasteiger partial charge in [0.1, 0.15) is 0 Å². The topological polar surface area (TPSA) is 478 Å². The molecular weight excluding hydrogens is 504 g/mol. The molecule has 0 bridgehead atoms. The second-order valence-electron chi connectivity index (χ2n) is 2.07. The van der Waals surface area contributed by atoms with Crippen molar-refractivity contribution in [1.82, 2.24) is 0 Å². The quantitative estimate of drug-likeness (QED) is 0.202. The van der Waals surface area contributed by atoms with E-state index in [4.69, 9.17) is 79.8 Å². The van der Waals surface area contributed by atoms with Crippen LogP contribution in [-0.4, -0.2) is 71.5 Å². The van der Waals surface area contributed by atoms with Crippen LogP contribution in [0.15, 0.2) is 0 Å². The Morgan fingerprint density at radius 2 is 0.794 bits per heavy atom. The molecule has 0 aliphatic rings. The molecule has 0 heterocycles. The molecule has 24 nitrogen and oxygen atoms in total. The van der Waals surface area contributed by atoms with Crippen LogP contribution in [0.4, 0.5) is 9.59 Å². The molecule has 0 aliphatic heterocycles. The van der Waals surface area contributed by atoms with E-state index >= 15 is 0 Å². The molecule has 34 heavy (non-hydrogen) atoms. The Bertz CT molecular complexity index is 317. The van der Waals surface area contributed by atoms with Crippen LogP contribution in [0.5, 0.6) is 0 Å². The van der Waals surface area contributed by atoms with E-state index in [1.165, 1.54) is 6.42 Å². The van der Waals surface area contributed by atoms with Gasteiger partial charge >= 0.3 is 12.6 Å². The standard InChI is InChI=1S/C3H8.6CH2O3.CO2.4H2O.H2/c1-3-2;4*2-1-4-3;2*2-1(3)4;2-1-3;;;;;/h3H2,1-2H3;4*1,3H;2*(H2,2,3,4);;4*1H2;1H/p-9. The van der Waals surface area contributed by atoms with Gasteiger partial charge in [0, 0.05) is 1.43 Å². The molecule has 0 saturated heterocycles. The van der Waals surface area contributed by atoms with Crippen molar-refractivity contribution >= 4 is 44.4 Å². The highest BCUT2D eigenvalue weighted by atomic mass is 17.1. The van der Waals surface area contributed by atoms with E-state index in [1.54, 1.807) is 0 Å². The third-order valence-electron chi connectivity index (χ3n) is 0.161. The zero-order valence-corrected chi connectivity index (χ0v) is 16.6. The number of hydrogen-bond donors (Lipinski definition) is 1. The first-order valence-electron chi connectivity index (χ1n) is 5.62. The molecule has 24 heteroatoms. The minimum absolute atomic E-state index is 0. The SMILES string of the molecule is CCC.O.O.O=C([O-])[O-].O=C([O-])[O-].O=C=O.O=COO.O=CO[O-].O=CO[O-].O=CO[O-].[HH].[OH-].[OH-]. The largest absolute Gasteiger partial charge is 0.870 e. The second-order valence-corrected chi connectivity index (χ2v) is 2.07. The lowest BCUT2D eigenvalue weighted by Gasteiger charge is -1.96. The summed E-state index contributed by atoms with van der Waals surface area (Å²) in [5, 5.41) is 65.6. The lowest BCUT2D eigenvalue weighted by Crippen LogP contribution is -2.37. The maximum Gasteiger partial charge on any atom is 0.373 e. The summed E-state index contributed by atoms with van der Waals surface area (Å²) in [5.74, 6) is 0. The summed E-state index contributed by atoms with van der Waals surface area (Å²) in [4.78, 5) is 78.2. The van der Waals surface area contributed by atoms with Crippen molar-refractivity contribution in [3.8, 4) is 0 Å². The van der Waals surface area contributed by atoms with E-state index in [-0.39, 0.29) is 55.4 Å². The van der Waals surface area contributed by atoms with E-state index in [1.807, 2.05) is 0 Å². The molecule has 0 spiro atoms. The number of hydrogen-bond acceptors (Lipinski definition) is 22. The van der Waals surface area contributed by atoms with Crippen LogP contribution in [-0.2, 0) is 48.3 Å². The van der Waals surface area contributed by atoms with Crippen molar-refractivity contribution in [3.05, 3.63) is 0 Å². The predicted octanol–water partition coefficient (Wildman–Crippen LogP) is -10.9. The first-order chi connectivity index (χ1) is 13.9. The smallest absolute Gasteiger partial charge is 0.373 e. The van der Waals surface area contributed by atoms with Gasteiger partial charge in [0.25, 0.3) is 19.4 Å². The zero-order valence-electron chi connectivity index (χ0n) is 16.6. The third kappa shape index (κ3) is 71300. The van der Waals surface area contributed by atoms with E-state index < -0.39 is 12.3 Å². The molecule has 0 saturated carbocycles. The first kappa shape index (κ1) is 78.3. The summed E-state index contributed by atoms with van der Waals surface area (Å²) in [6.45, 7) is 3.64. The lowest BCUT2D eigenvalue weighted by atomic mass is 10.6. The summed E-state index contributed by atoms with van der Waals surface area (Å²) in [5.41, 5.74) is 0. The molecule has 0 amide bonds. The summed E-state index contributed by atoms with van der Waals surface area (Å²) >= 11 is 0. The molecular formula is C10H21O24-9. The van der Waals surface area contributed by atoms with Gasteiger partial charge in [-0.3, -0.25) is 19.2 Å². The van der Waals surface area contributed by atoms with Crippen molar-refractivity contribution in [2.24, 2.45) is 0 Å². The maximum absolute atomic E-state index is 8.70. The van der Waals surface area contributed by atoms with Crippen molar-refractivity contribution in [2.45, 2.75) is 20.3 Å². The van der Waals surface area contributed by atoms with Gasteiger partial charge in [0.2, 0.25) is 0 Å². The summed E-state index contributed by atoms with van der Waals surface area (Å²) in [7, 11) is 0. The highest BCUT2D eigenvalue weighted by molar-refractivity contribution is 5.47. The van der Waals surface area contributed by atoms with E-state index in [2.05, 4.69) is 33.4 Å². The molecule has 0 unspecified atom stereocenters. The van der Waals surface area contributed by atoms with Crippen LogP contribution >= 0.6 is 0 Å². The highest BCUT2D eigenvalue weighted by Crippen LogP contribution is 1.56. The van der Waals surface area contributed by atoms with Crippen LogP contribution in [0.25, 0.3) is 0 Å². The van der Waals surface area contributed by atoms with Gasteiger partial charge in [-0.25, -0.2) is 5.26 Å². The summed E-state index contributed by atoms with van der Waals surface area (Å²) < 4.78 is 0. The Morgan fingerprint density at radius 3 is 0.794 bits per heavy atom. The molecule has 0 atom stereocenters. The van der Waals surface area contributed by atoms with E-state index in [9.17, 15) is 0 Å². The Hall–Kier alpha value is -4.52. The van der Waals surface area contributed by atoms with Crippen LogP contribution < -0.4 is 36.2 Å². The average Bonchev–Trinajstić information content (AvgIpc) is 2.68. The van der Waals surface area contributed by atoms with Gasteiger partial charge in [-0.1, -0.05) is 20.3 Å². The molecule has 0 aromatic carbocycles. The van der Waals surface area contributed by atoms with Crippen molar-refractivity contribution in [3.63, 3.8) is 0 Å². The predicted molar refractivity (Wildman–Crippen MR) is 76.2 cm³/mol. The van der Waals surface area contributed by atoms with E-state index in [0.29, 0.717) is 0 Å². The van der Waals surface area contributed by atoms with Crippen molar-refractivity contribution < 1.29 is 123 Å². The monoisotopic (exact) mass is 525 g/mol.